The highest BCUT2D eigenvalue weighted by Crippen LogP contribution is 2.12. The van der Waals surface area contributed by atoms with Crippen molar-refractivity contribution in [1.29, 1.82) is 0 Å². The molecule has 1 aliphatic rings. The van der Waals surface area contributed by atoms with Crippen LogP contribution in [0.2, 0.25) is 5.02 Å². The van der Waals surface area contributed by atoms with Crippen molar-refractivity contribution in [3.8, 4) is 0 Å². The van der Waals surface area contributed by atoms with Gasteiger partial charge in [-0.3, -0.25) is 4.68 Å². The summed E-state index contributed by atoms with van der Waals surface area (Å²) in [4.78, 5) is 0. The average Bonchev–Trinajstić information content (AvgIpc) is 3.20. The Balaban J connectivity index is 1.48. The molecule has 1 aromatic carbocycles. The number of halogens is 1. The molecule has 0 saturated carbocycles. The second-order valence-electron chi connectivity index (χ2n) is 5.50. The van der Waals surface area contributed by atoms with Crippen molar-refractivity contribution in [3.63, 3.8) is 0 Å². The molecule has 1 fully saturated rings. The van der Waals surface area contributed by atoms with Gasteiger partial charge in [-0.15, -0.1) is 0 Å². The number of aromatic nitrogens is 2. The van der Waals surface area contributed by atoms with E-state index in [1.54, 1.807) is 0 Å². The molecule has 1 aromatic heterocycles. The van der Waals surface area contributed by atoms with Gasteiger partial charge in [0.05, 0.1) is 12.6 Å². The van der Waals surface area contributed by atoms with E-state index in [1.807, 2.05) is 41.2 Å². The van der Waals surface area contributed by atoms with Crippen LogP contribution in [-0.4, -0.2) is 34.1 Å². The summed E-state index contributed by atoms with van der Waals surface area (Å²) in [6, 6.07) is 9.64. The van der Waals surface area contributed by atoms with Crippen molar-refractivity contribution in [2.45, 2.75) is 25.5 Å². The SMILES string of the molecule is S=C(NC[C@H]1CCCO1)Nc1ccn(Cc2ccc(Cl)cc2)n1. The molecule has 3 rings (SSSR count). The summed E-state index contributed by atoms with van der Waals surface area (Å²) in [5.74, 6) is 0.726. The van der Waals surface area contributed by atoms with Gasteiger partial charge >= 0.3 is 0 Å². The van der Waals surface area contributed by atoms with E-state index in [9.17, 15) is 0 Å². The molecule has 1 aliphatic heterocycles. The Kier molecular flexibility index (Phi) is 5.48. The number of hydrogen-bond donors (Lipinski definition) is 2. The molecule has 122 valence electrons. The maximum atomic E-state index is 5.89. The van der Waals surface area contributed by atoms with Gasteiger partial charge in [-0.05, 0) is 42.8 Å². The van der Waals surface area contributed by atoms with Gasteiger partial charge in [0.2, 0.25) is 0 Å². The summed E-state index contributed by atoms with van der Waals surface area (Å²) in [6.07, 6.45) is 4.39. The summed E-state index contributed by atoms with van der Waals surface area (Å²) in [5.41, 5.74) is 1.14. The van der Waals surface area contributed by atoms with Crippen LogP contribution in [0.1, 0.15) is 18.4 Å². The van der Waals surface area contributed by atoms with Gasteiger partial charge in [-0.1, -0.05) is 23.7 Å². The van der Waals surface area contributed by atoms with Crippen molar-refractivity contribution < 1.29 is 4.74 Å². The molecule has 0 bridgehead atoms. The lowest BCUT2D eigenvalue weighted by atomic mass is 10.2. The van der Waals surface area contributed by atoms with E-state index >= 15 is 0 Å². The van der Waals surface area contributed by atoms with Crippen LogP contribution < -0.4 is 10.6 Å². The van der Waals surface area contributed by atoms with Crippen LogP contribution in [0.15, 0.2) is 36.5 Å². The zero-order chi connectivity index (χ0) is 16.1. The molecule has 7 heteroatoms. The van der Waals surface area contributed by atoms with Gasteiger partial charge in [-0.25, -0.2) is 0 Å². The predicted octanol–water partition coefficient (Wildman–Crippen LogP) is 3.05. The van der Waals surface area contributed by atoms with Gasteiger partial charge in [0.1, 0.15) is 0 Å². The first-order valence-electron chi connectivity index (χ1n) is 7.63. The van der Waals surface area contributed by atoms with Crippen LogP contribution in [0.25, 0.3) is 0 Å². The molecule has 1 atom stereocenters. The lowest BCUT2D eigenvalue weighted by Crippen LogP contribution is -2.34. The quantitative estimate of drug-likeness (QED) is 0.812. The van der Waals surface area contributed by atoms with E-state index in [2.05, 4.69) is 15.7 Å². The van der Waals surface area contributed by atoms with Crippen LogP contribution in [0.5, 0.6) is 0 Å². The van der Waals surface area contributed by atoms with E-state index in [0.29, 0.717) is 11.7 Å². The van der Waals surface area contributed by atoms with E-state index in [-0.39, 0.29) is 6.10 Å². The van der Waals surface area contributed by atoms with Gasteiger partial charge in [-0.2, -0.15) is 5.10 Å². The number of ether oxygens (including phenoxy) is 1. The number of thiocarbonyl (C=S) groups is 1. The second kappa shape index (κ2) is 7.77. The monoisotopic (exact) mass is 350 g/mol. The molecule has 0 spiro atoms. The number of hydrogen-bond acceptors (Lipinski definition) is 3. The Morgan fingerprint density at radius 2 is 2.17 bits per heavy atom. The highest BCUT2D eigenvalue weighted by molar-refractivity contribution is 7.80. The van der Waals surface area contributed by atoms with Crippen molar-refractivity contribution in [2.75, 3.05) is 18.5 Å². The summed E-state index contributed by atoms with van der Waals surface area (Å²) in [7, 11) is 0. The lowest BCUT2D eigenvalue weighted by Gasteiger charge is -2.12. The highest BCUT2D eigenvalue weighted by Gasteiger charge is 2.15. The van der Waals surface area contributed by atoms with E-state index in [0.717, 1.165) is 42.4 Å². The third kappa shape index (κ3) is 4.92. The molecule has 2 N–H and O–H groups in total. The van der Waals surface area contributed by atoms with Gasteiger partial charge in [0.25, 0.3) is 0 Å². The number of anilines is 1. The Bertz CT molecular complexity index is 652. The third-order valence-corrected chi connectivity index (χ3v) is 4.15. The molecule has 5 nitrogen and oxygen atoms in total. The average molecular weight is 351 g/mol. The smallest absolute Gasteiger partial charge is 0.172 e. The van der Waals surface area contributed by atoms with Crippen LogP contribution in [-0.2, 0) is 11.3 Å². The van der Waals surface area contributed by atoms with E-state index in [4.69, 9.17) is 28.6 Å². The van der Waals surface area contributed by atoms with Crippen LogP contribution in [0.3, 0.4) is 0 Å². The molecule has 0 unspecified atom stereocenters. The fraction of sp³-hybridized carbons (Fsp3) is 0.375. The van der Waals surface area contributed by atoms with Crippen molar-refractivity contribution in [2.24, 2.45) is 0 Å². The minimum Gasteiger partial charge on any atom is -0.376 e. The summed E-state index contributed by atoms with van der Waals surface area (Å²) < 4.78 is 7.41. The van der Waals surface area contributed by atoms with Gasteiger partial charge in [0, 0.05) is 30.4 Å². The molecule has 0 radical (unpaired) electrons. The Labute approximate surface area is 146 Å². The molecule has 0 amide bonds. The largest absolute Gasteiger partial charge is 0.376 e. The van der Waals surface area contributed by atoms with Gasteiger partial charge < -0.3 is 15.4 Å². The molecule has 2 heterocycles. The standard InChI is InChI=1S/C16H19ClN4OS/c17-13-5-3-12(4-6-13)11-21-8-7-15(20-21)19-16(23)18-10-14-2-1-9-22-14/h3-8,14H,1-2,9-11H2,(H2,18,19,20,23)/t14-/m1/s1. The molecule has 23 heavy (non-hydrogen) atoms. The maximum absolute atomic E-state index is 5.89. The van der Waals surface area contributed by atoms with Crippen LogP contribution in [0, 0.1) is 0 Å². The minimum atomic E-state index is 0.261. The zero-order valence-corrected chi connectivity index (χ0v) is 14.2. The summed E-state index contributed by atoms with van der Waals surface area (Å²) >= 11 is 11.2. The number of nitrogens with zero attached hydrogens (tertiary/aromatic N) is 2. The molecule has 0 aliphatic carbocycles. The highest BCUT2D eigenvalue weighted by atomic mass is 35.5. The number of benzene rings is 1. The predicted molar refractivity (Wildman–Crippen MR) is 96.0 cm³/mol. The topological polar surface area (TPSA) is 51.1 Å². The Morgan fingerprint density at radius 1 is 1.35 bits per heavy atom. The molecular weight excluding hydrogens is 332 g/mol. The lowest BCUT2D eigenvalue weighted by molar-refractivity contribution is 0.114. The zero-order valence-electron chi connectivity index (χ0n) is 12.7. The third-order valence-electron chi connectivity index (χ3n) is 3.65. The van der Waals surface area contributed by atoms with Crippen molar-refractivity contribution in [1.82, 2.24) is 15.1 Å². The first-order chi connectivity index (χ1) is 11.2. The number of rotatable bonds is 5. The second-order valence-corrected chi connectivity index (χ2v) is 6.34. The normalized spacial score (nSPS) is 17.2. The minimum absolute atomic E-state index is 0.261. The van der Waals surface area contributed by atoms with Crippen LogP contribution in [0.4, 0.5) is 5.82 Å². The maximum Gasteiger partial charge on any atom is 0.172 e. The van der Waals surface area contributed by atoms with Crippen LogP contribution >= 0.6 is 23.8 Å². The van der Waals surface area contributed by atoms with E-state index < -0.39 is 0 Å². The fourth-order valence-corrected chi connectivity index (χ4v) is 2.78. The Hall–Kier alpha value is -1.63. The molecular formula is C16H19ClN4OS. The Morgan fingerprint density at radius 3 is 2.91 bits per heavy atom. The first kappa shape index (κ1) is 16.2. The van der Waals surface area contributed by atoms with Crippen molar-refractivity contribution >= 4 is 34.7 Å². The molecule has 1 saturated heterocycles. The van der Waals surface area contributed by atoms with E-state index in [1.165, 1.54) is 0 Å². The molecule has 2 aromatic rings. The summed E-state index contributed by atoms with van der Waals surface area (Å²) in [5, 5.41) is 12.0. The first-order valence-corrected chi connectivity index (χ1v) is 8.42. The van der Waals surface area contributed by atoms with Crippen molar-refractivity contribution in [3.05, 3.63) is 47.1 Å². The summed E-state index contributed by atoms with van der Waals surface area (Å²) in [6.45, 7) is 2.27. The fourth-order valence-electron chi connectivity index (χ4n) is 2.47. The van der Waals surface area contributed by atoms with Gasteiger partial charge in [0.15, 0.2) is 10.9 Å². The number of nitrogens with one attached hydrogen (secondary N) is 2.